The number of hydrogen-bond acceptors (Lipinski definition) is 3. The van der Waals surface area contributed by atoms with E-state index in [9.17, 15) is 9.59 Å². The molecule has 0 bridgehead atoms. The van der Waals surface area contributed by atoms with Gasteiger partial charge in [0.25, 0.3) is 0 Å². The molecule has 0 aliphatic carbocycles. The van der Waals surface area contributed by atoms with Crippen LogP contribution in [0.3, 0.4) is 0 Å². The molecule has 1 aliphatic heterocycles. The molecular formula is C12H22N2O3. The zero-order valence-corrected chi connectivity index (χ0v) is 10.7. The standard InChI is InChI=1S/C12H22N2O3/c1-7(2)9(12(16)17)6-14-11(15)10-5-13-4-8(10)3/h7-10,13H,4-6H2,1-3H3,(H,14,15)(H,16,17)/t8-,9?,10-/m1/s1. The normalized spacial score (nSPS) is 25.9. The fourth-order valence-electron chi connectivity index (χ4n) is 2.11. The van der Waals surface area contributed by atoms with E-state index in [1.165, 1.54) is 0 Å². The van der Waals surface area contributed by atoms with Gasteiger partial charge in [-0.25, -0.2) is 0 Å². The van der Waals surface area contributed by atoms with Crippen LogP contribution in [0.2, 0.25) is 0 Å². The summed E-state index contributed by atoms with van der Waals surface area (Å²) in [5, 5.41) is 14.9. The summed E-state index contributed by atoms with van der Waals surface area (Å²) in [5.41, 5.74) is 0. The number of carboxylic acid groups (broad SMARTS) is 1. The number of carbonyl (C=O) groups excluding carboxylic acids is 1. The Balaban J connectivity index is 2.43. The molecule has 0 spiro atoms. The van der Waals surface area contributed by atoms with E-state index in [4.69, 9.17) is 5.11 Å². The highest BCUT2D eigenvalue weighted by molar-refractivity contribution is 5.80. The molecule has 1 amide bonds. The van der Waals surface area contributed by atoms with Crippen LogP contribution in [0.25, 0.3) is 0 Å². The Morgan fingerprint density at radius 3 is 2.47 bits per heavy atom. The lowest BCUT2D eigenvalue weighted by atomic mass is 9.94. The van der Waals surface area contributed by atoms with Crippen molar-refractivity contribution in [2.45, 2.75) is 20.8 Å². The third-order valence-corrected chi connectivity index (χ3v) is 3.47. The van der Waals surface area contributed by atoms with Gasteiger partial charge in [-0.05, 0) is 18.4 Å². The molecule has 98 valence electrons. The van der Waals surface area contributed by atoms with Crippen molar-refractivity contribution < 1.29 is 14.7 Å². The highest BCUT2D eigenvalue weighted by atomic mass is 16.4. The van der Waals surface area contributed by atoms with E-state index in [1.807, 2.05) is 20.8 Å². The summed E-state index contributed by atoms with van der Waals surface area (Å²) < 4.78 is 0. The minimum Gasteiger partial charge on any atom is -0.481 e. The van der Waals surface area contributed by atoms with Gasteiger partial charge in [-0.15, -0.1) is 0 Å². The quantitative estimate of drug-likeness (QED) is 0.648. The van der Waals surface area contributed by atoms with Crippen LogP contribution in [0.1, 0.15) is 20.8 Å². The Morgan fingerprint density at radius 2 is 2.06 bits per heavy atom. The zero-order chi connectivity index (χ0) is 13.0. The molecule has 0 aromatic rings. The van der Waals surface area contributed by atoms with Crippen LogP contribution in [0.15, 0.2) is 0 Å². The first-order chi connectivity index (χ1) is 7.93. The second kappa shape index (κ2) is 6.00. The molecular weight excluding hydrogens is 220 g/mol. The minimum atomic E-state index is -0.849. The van der Waals surface area contributed by atoms with Crippen molar-refractivity contribution in [2.75, 3.05) is 19.6 Å². The maximum Gasteiger partial charge on any atom is 0.308 e. The van der Waals surface area contributed by atoms with Crippen LogP contribution in [0.5, 0.6) is 0 Å². The predicted octanol–water partition coefficient (Wildman–Crippen LogP) is 0.315. The number of carboxylic acids is 1. The third kappa shape index (κ3) is 3.70. The van der Waals surface area contributed by atoms with Crippen molar-refractivity contribution in [1.82, 2.24) is 10.6 Å². The molecule has 0 saturated carbocycles. The molecule has 1 fully saturated rings. The molecule has 1 unspecified atom stereocenters. The first-order valence-corrected chi connectivity index (χ1v) is 6.14. The fraction of sp³-hybridized carbons (Fsp3) is 0.833. The van der Waals surface area contributed by atoms with Gasteiger partial charge in [-0.2, -0.15) is 0 Å². The van der Waals surface area contributed by atoms with Crippen molar-refractivity contribution in [3.8, 4) is 0 Å². The number of aliphatic carboxylic acids is 1. The fourth-order valence-corrected chi connectivity index (χ4v) is 2.11. The summed E-state index contributed by atoms with van der Waals surface area (Å²) in [6.07, 6.45) is 0. The molecule has 0 aromatic carbocycles. The summed E-state index contributed by atoms with van der Waals surface area (Å²) in [6.45, 7) is 7.49. The second-order valence-corrected chi connectivity index (χ2v) is 5.18. The molecule has 17 heavy (non-hydrogen) atoms. The lowest BCUT2D eigenvalue weighted by Gasteiger charge is -2.19. The van der Waals surface area contributed by atoms with E-state index >= 15 is 0 Å². The Bertz CT molecular complexity index is 291. The summed E-state index contributed by atoms with van der Waals surface area (Å²) in [7, 11) is 0. The average molecular weight is 242 g/mol. The number of hydrogen-bond donors (Lipinski definition) is 3. The van der Waals surface area contributed by atoms with Gasteiger partial charge in [-0.1, -0.05) is 20.8 Å². The summed E-state index contributed by atoms with van der Waals surface area (Å²) in [5.74, 6) is -1.09. The Hall–Kier alpha value is -1.10. The molecule has 1 saturated heterocycles. The van der Waals surface area contributed by atoms with Crippen LogP contribution >= 0.6 is 0 Å². The van der Waals surface area contributed by atoms with Crippen molar-refractivity contribution in [3.63, 3.8) is 0 Å². The van der Waals surface area contributed by atoms with E-state index in [-0.39, 0.29) is 24.3 Å². The summed E-state index contributed by atoms with van der Waals surface area (Å²) in [4.78, 5) is 22.8. The molecule has 3 atom stereocenters. The van der Waals surface area contributed by atoms with E-state index in [0.29, 0.717) is 12.5 Å². The van der Waals surface area contributed by atoms with Gasteiger partial charge in [-0.3, -0.25) is 9.59 Å². The smallest absolute Gasteiger partial charge is 0.308 e. The van der Waals surface area contributed by atoms with E-state index in [2.05, 4.69) is 10.6 Å². The second-order valence-electron chi connectivity index (χ2n) is 5.18. The van der Waals surface area contributed by atoms with E-state index < -0.39 is 11.9 Å². The molecule has 3 N–H and O–H groups in total. The molecule has 0 radical (unpaired) electrons. The SMILES string of the molecule is CC(C)C(CNC(=O)[C@@H]1CNC[C@H]1C)C(=O)O. The Labute approximate surface area is 102 Å². The van der Waals surface area contributed by atoms with Gasteiger partial charge in [0.2, 0.25) is 5.91 Å². The molecule has 5 heteroatoms. The average Bonchev–Trinajstić information content (AvgIpc) is 2.63. The van der Waals surface area contributed by atoms with Crippen LogP contribution < -0.4 is 10.6 Å². The van der Waals surface area contributed by atoms with Crippen LogP contribution in [-0.4, -0.2) is 36.6 Å². The lowest BCUT2D eigenvalue weighted by molar-refractivity contribution is -0.143. The van der Waals surface area contributed by atoms with Gasteiger partial charge in [0.05, 0.1) is 11.8 Å². The van der Waals surface area contributed by atoms with E-state index in [1.54, 1.807) is 0 Å². The van der Waals surface area contributed by atoms with Crippen molar-refractivity contribution >= 4 is 11.9 Å². The third-order valence-electron chi connectivity index (χ3n) is 3.47. The number of amides is 1. The van der Waals surface area contributed by atoms with Gasteiger partial charge in [0, 0.05) is 13.1 Å². The largest absolute Gasteiger partial charge is 0.481 e. The van der Waals surface area contributed by atoms with Gasteiger partial charge in [0.15, 0.2) is 0 Å². The topological polar surface area (TPSA) is 78.4 Å². The Morgan fingerprint density at radius 1 is 1.41 bits per heavy atom. The molecule has 1 aliphatic rings. The predicted molar refractivity (Wildman–Crippen MR) is 64.5 cm³/mol. The van der Waals surface area contributed by atoms with Crippen molar-refractivity contribution in [2.24, 2.45) is 23.7 Å². The minimum absolute atomic E-state index is 0.0203. The molecule has 0 aromatic heterocycles. The van der Waals surface area contributed by atoms with Gasteiger partial charge in [0.1, 0.15) is 0 Å². The molecule has 5 nitrogen and oxygen atoms in total. The van der Waals surface area contributed by atoms with Crippen LogP contribution in [-0.2, 0) is 9.59 Å². The molecule has 1 heterocycles. The van der Waals surface area contributed by atoms with E-state index in [0.717, 1.165) is 6.54 Å². The highest BCUT2D eigenvalue weighted by Gasteiger charge is 2.30. The van der Waals surface area contributed by atoms with Crippen LogP contribution in [0, 0.1) is 23.7 Å². The van der Waals surface area contributed by atoms with Gasteiger partial charge < -0.3 is 15.7 Å². The van der Waals surface area contributed by atoms with Crippen LogP contribution in [0.4, 0.5) is 0 Å². The highest BCUT2D eigenvalue weighted by Crippen LogP contribution is 2.16. The number of nitrogens with one attached hydrogen (secondary N) is 2. The maximum atomic E-state index is 11.9. The summed E-state index contributed by atoms with van der Waals surface area (Å²) >= 11 is 0. The lowest BCUT2D eigenvalue weighted by Crippen LogP contribution is -2.40. The number of carbonyl (C=O) groups is 2. The first-order valence-electron chi connectivity index (χ1n) is 6.14. The zero-order valence-electron chi connectivity index (χ0n) is 10.7. The number of rotatable bonds is 5. The first kappa shape index (κ1) is 14.0. The summed E-state index contributed by atoms with van der Waals surface area (Å²) in [6, 6.07) is 0. The monoisotopic (exact) mass is 242 g/mol. The van der Waals surface area contributed by atoms with Crippen molar-refractivity contribution in [1.29, 1.82) is 0 Å². The maximum absolute atomic E-state index is 11.9. The van der Waals surface area contributed by atoms with Gasteiger partial charge >= 0.3 is 5.97 Å². The molecule has 1 rings (SSSR count). The Kier molecular flexibility index (Phi) is 4.93. The van der Waals surface area contributed by atoms with Crippen molar-refractivity contribution in [3.05, 3.63) is 0 Å².